The molecule has 5 fully saturated rings. The Bertz CT molecular complexity index is 3060. The normalized spacial score (nSPS) is 24.8. The fourth-order valence-electron chi connectivity index (χ4n) is 11.7. The number of ether oxygens (including phenoxy) is 3. The number of alkyl carbamates (subject to hydrolysis) is 2. The zero-order valence-corrected chi connectivity index (χ0v) is 41.0. The van der Waals surface area contributed by atoms with Crippen LogP contribution >= 0.6 is 11.3 Å². The summed E-state index contributed by atoms with van der Waals surface area (Å²) >= 11 is 1.83. The van der Waals surface area contributed by atoms with E-state index in [-0.39, 0.29) is 47.8 Å². The number of thiophene rings is 1. The van der Waals surface area contributed by atoms with Crippen LogP contribution in [0.3, 0.4) is 0 Å². The van der Waals surface area contributed by atoms with Crippen LogP contribution in [-0.2, 0) is 19.1 Å². The fraction of sp³-hybridized carbons (Fsp3) is 0.472. The van der Waals surface area contributed by atoms with Gasteiger partial charge in [0.15, 0.2) is 0 Å². The number of amides is 4. The van der Waals surface area contributed by atoms with E-state index in [0.29, 0.717) is 17.8 Å². The van der Waals surface area contributed by atoms with Crippen molar-refractivity contribution < 1.29 is 33.4 Å². The molecule has 4 N–H and O–H groups in total. The summed E-state index contributed by atoms with van der Waals surface area (Å²) < 4.78 is 19.2. The molecule has 3 saturated carbocycles. The summed E-state index contributed by atoms with van der Waals surface area (Å²) in [5.74, 6) is 3.23. The lowest BCUT2D eigenvalue weighted by Crippen LogP contribution is -2.54. The van der Waals surface area contributed by atoms with Crippen LogP contribution in [0.4, 0.5) is 9.59 Å². The summed E-state index contributed by atoms with van der Waals surface area (Å²) in [5.41, 5.74) is 6.68. The lowest BCUT2D eigenvalue weighted by atomic mass is 9.80. The summed E-state index contributed by atoms with van der Waals surface area (Å²) in [6.45, 7) is 7.73. The minimum absolute atomic E-state index is 0.0996. The van der Waals surface area contributed by atoms with Gasteiger partial charge >= 0.3 is 12.2 Å². The average Bonchev–Trinajstić information content (AvgIpc) is 3.83. The Morgan fingerprint density at radius 3 is 1.90 bits per heavy atom. The van der Waals surface area contributed by atoms with Gasteiger partial charge in [-0.05, 0) is 117 Å². The van der Waals surface area contributed by atoms with Crippen molar-refractivity contribution in [3.05, 3.63) is 88.4 Å². The lowest BCUT2D eigenvalue weighted by molar-refractivity contribution is -0.139. The highest BCUT2D eigenvalue weighted by molar-refractivity contribution is 7.12. The van der Waals surface area contributed by atoms with E-state index in [1.165, 1.54) is 31.9 Å². The first-order chi connectivity index (χ1) is 33.9. The van der Waals surface area contributed by atoms with Crippen LogP contribution in [0, 0.1) is 23.7 Å². The second-order valence-electron chi connectivity index (χ2n) is 20.9. The molecule has 0 bridgehead atoms. The predicted octanol–water partition coefficient (Wildman–Crippen LogP) is 9.44. The van der Waals surface area contributed by atoms with Gasteiger partial charge in [0, 0.05) is 39.0 Å². The quantitative estimate of drug-likeness (QED) is 0.0926. The van der Waals surface area contributed by atoms with Crippen molar-refractivity contribution >= 4 is 46.2 Å². The molecule has 16 nitrogen and oxygen atoms in total. The number of rotatable bonds is 12. The van der Waals surface area contributed by atoms with E-state index in [2.05, 4.69) is 79.8 Å². The van der Waals surface area contributed by atoms with Crippen molar-refractivity contribution in [1.29, 1.82) is 0 Å². The van der Waals surface area contributed by atoms with E-state index in [4.69, 9.17) is 24.2 Å². The number of hydrogen-bond donors (Lipinski definition) is 4. The van der Waals surface area contributed by atoms with Crippen LogP contribution in [0.15, 0.2) is 67.0 Å². The Morgan fingerprint density at radius 1 is 0.700 bits per heavy atom. The molecule has 2 saturated heterocycles. The van der Waals surface area contributed by atoms with Crippen molar-refractivity contribution in [2.45, 2.75) is 121 Å². The molecule has 9 atom stereocenters. The second-order valence-corrected chi connectivity index (χ2v) is 22.1. The Balaban J connectivity index is 0.851. The zero-order valence-electron chi connectivity index (χ0n) is 40.2. The number of H-pyrrole nitrogens is 2. The topological polar surface area (TPSA) is 189 Å². The van der Waals surface area contributed by atoms with Crippen LogP contribution in [0.25, 0.3) is 44.7 Å². The van der Waals surface area contributed by atoms with Gasteiger partial charge in [-0.25, -0.2) is 19.6 Å². The third-order valence-electron chi connectivity index (χ3n) is 15.9. The molecule has 4 aromatic heterocycles. The molecule has 4 amide bonds. The summed E-state index contributed by atoms with van der Waals surface area (Å²) in [5, 5.41) is 6.62. The van der Waals surface area contributed by atoms with Crippen LogP contribution < -0.4 is 15.4 Å². The Morgan fingerprint density at radius 2 is 1.30 bits per heavy atom. The smallest absolute Gasteiger partial charge is 0.407 e. The van der Waals surface area contributed by atoms with Gasteiger partial charge in [0.05, 0.1) is 66.2 Å². The third kappa shape index (κ3) is 7.53. The van der Waals surface area contributed by atoms with Crippen molar-refractivity contribution in [3.63, 3.8) is 0 Å². The number of methoxy groups -OCH3 is 2. The molecule has 3 aliphatic carbocycles. The Hall–Kier alpha value is -6.62. The Kier molecular flexibility index (Phi) is 10.9. The number of carbonyl (C=O) groups excluding carboxylic acids is 4. The van der Waals surface area contributed by atoms with Gasteiger partial charge in [0.2, 0.25) is 18.0 Å². The van der Waals surface area contributed by atoms with Gasteiger partial charge in [-0.1, -0.05) is 39.8 Å². The standard InChI is InChI=1S/C53H59N9O7S/c1-25(2)45(58-52(65)67-5)49(63)60-36-14-11-30(36)18-40(60)47-54-23-34(56-47)28-10-13-37-31(17-28)20-39-33-12-9-29(22-42(33)69-51(62(37)39)44-16-15-43(70-44)27-7-8-27)35-24-55-48(57-35)41-21-32-19-38(32)61(41)50(64)46(26(3)4)59-53(66)68-6/h9-10,12-13,15-17,20,22-27,30,32,36,38,40-41,45-46,51H,7-8,11,14,18-19,21H2,1-6H3,(H,54,56)(H,55,57)(H,58,65)(H,59,66). The van der Waals surface area contributed by atoms with Crippen LogP contribution in [0.5, 0.6) is 5.75 Å². The number of nitrogens with one attached hydrogen (secondary N) is 4. The number of carbonyl (C=O) groups is 4. The van der Waals surface area contributed by atoms with E-state index in [0.717, 1.165) is 99.1 Å². The molecule has 70 heavy (non-hydrogen) atoms. The molecule has 364 valence electrons. The first kappa shape index (κ1) is 44.6. The highest BCUT2D eigenvalue weighted by atomic mass is 32.1. The van der Waals surface area contributed by atoms with Gasteiger partial charge in [0.1, 0.15) is 29.5 Å². The molecule has 17 heteroatoms. The number of benzene rings is 2. The van der Waals surface area contributed by atoms with Crippen LogP contribution in [0.1, 0.15) is 118 Å². The molecule has 7 heterocycles. The van der Waals surface area contributed by atoms with Crippen LogP contribution in [-0.4, -0.2) is 96.7 Å². The lowest BCUT2D eigenvalue weighted by Gasteiger charge is -2.39. The van der Waals surface area contributed by atoms with Gasteiger partial charge in [-0.15, -0.1) is 11.3 Å². The number of fused-ring (bicyclic) bond motifs is 7. The molecule has 3 aliphatic heterocycles. The van der Waals surface area contributed by atoms with E-state index < -0.39 is 30.5 Å². The highest BCUT2D eigenvalue weighted by Gasteiger charge is 2.56. The fourth-order valence-corrected chi connectivity index (χ4v) is 12.9. The minimum Gasteiger partial charge on any atom is -0.464 e. The van der Waals surface area contributed by atoms with Crippen molar-refractivity contribution in [1.82, 2.24) is 44.9 Å². The number of likely N-dealkylation sites (tertiary alicyclic amines) is 2. The highest BCUT2D eigenvalue weighted by Crippen LogP contribution is 2.55. The third-order valence-corrected chi connectivity index (χ3v) is 17.2. The summed E-state index contributed by atoms with van der Waals surface area (Å²) in [6, 6.07) is 17.9. The first-order valence-corrected chi connectivity index (χ1v) is 25.7. The van der Waals surface area contributed by atoms with Crippen LogP contribution in [0.2, 0.25) is 0 Å². The van der Waals surface area contributed by atoms with Crippen molar-refractivity contribution in [2.75, 3.05) is 14.2 Å². The van der Waals surface area contributed by atoms with E-state index >= 15 is 0 Å². The summed E-state index contributed by atoms with van der Waals surface area (Å²) in [7, 11) is 2.62. The van der Waals surface area contributed by atoms with Gasteiger partial charge in [0.25, 0.3) is 0 Å². The molecule has 0 spiro atoms. The molecular formula is C53H59N9O7S. The van der Waals surface area contributed by atoms with Gasteiger partial charge in [-0.3, -0.25) is 14.2 Å². The minimum atomic E-state index is -0.705. The van der Waals surface area contributed by atoms with E-state index in [9.17, 15) is 19.2 Å². The molecule has 0 radical (unpaired) electrons. The molecule has 6 aromatic rings. The molecular weight excluding hydrogens is 907 g/mol. The van der Waals surface area contributed by atoms with Gasteiger partial charge in [-0.2, -0.15) is 0 Å². The van der Waals surface area contributed by atoms with Crippen molar-refractivity contribution in [2.24, 2.45) is 23.7 Å². The first-order valence-electron chi connectivity index (χ1n) is 24.9. The van der Waals surface area contributed by atoms with Crippen molar-refractivity contribution in [3.8, 4) is 39.5 Å². The molecule has 12 rings (SSSR count). The average molecular weight is 966 g/mol. The second kappa shape index (κ2) is 17.1. The Labute approximate surface area is 409 Å². The number of nitrogens with zero attached hydrogens (tertiary/aromatic N) is 5. The number of aromatic nitrogens is 5. The SMILES string of the molecule is COC(=O)NC(C(=O)N1C(c2ncc(-c3ccc4c(c3)cc3n4C(c4ccc(C5CC5)s4)Oc4cc(-c5cnc(C6CC7CC7N6C(=O)C(NC(=O)OC)C(C)C)[nH]5)ccc4-3)[nH]2)CC2CCC21)C(C)C. The zero-order chi connectivity index (χ0) is 48.3. The maximum atomic E-state index is 14.2. The number of piperidine rings is 1. The number of imidazole rings is 2. The monoisotopic (exact) mass is 965 g/mol. The largest absolute Gasteiger partial charge is 0.464 e. The number of aromatic amines is 2. The summed E-state index contributed by atoms with van der Waals surface area (Å²) in [6.07, 6.45) is 9.13. The maximum Gasteiger partial charge on any atom is 0.407 e. The molecule has 2 aromatic carbocycles. The maximum absolute atomic E-state index is 14.2. The molecule has 9 unspecified atom stereocenters. The van der Waals surface area contributed by atoms with E-state index in [1.54, 1.807) is 0 Å². The molecule has 6 aliphatic rings. The number of hydrogen-bond acceptors (Lipinski definition) is 10. The van der Waals surface area contributed by atoms with E-state index in [1.807, 2.05) is 61.2 Å². The van der Waals surface area contributed by atoms with Gasteiger partial charge < -0.3 is 44.6 Å². The summed E-state index contributed by atoms with van der Waals surface area (Å²) in [4.78, 5) is 76.2. The predicted molar refractivity (Wildman–Crippen MR) is 263 cm³/mol.